The topological polar surface area (TPSA) is 91.1 Å². The third kappa shape index (κ3) is 2.46. The molecule has 1 aliphatic heterocycles. The van der Waals surface area contributed by atoms with Gasteiger partial charge in [-0.05, 0) is 36.6 Å². The van der Waals surface area contributed by atoms with Crippen LogP contribution in [-0.4, -0.2) is 39.4 Å². The number of anilines is 1. The van der Waals surface area contributed by atoms with Gasteiger partial charge in [-0.25, -0.2) is 0 Å². The Balaban J connectivity index is 1.78. The van der Waals surface area contributed by atoms with E-state index in [-0.39, 0.29) is 11.8 Å². The molecule has 2 unspecified atom stereocenters. The first-order valence-electron chi connectivity index (χ1n) is 6.86. The van der Waals surface area contributed by atoms with E-state index in [4.69, 9.17) is 5.73 Å². The van der Waals surface area contributed by atoms with Crippen molar-refractivity contribution in [1.29, 1.82) is 0 Å². The Morgan fingerprint density at radius 3 is 2.80 bits per heavy atom. The van der Waals surface area contributed by atoms with Crippen molar-refractivity contribution in [3.05, 3.63) is 24.3 Å². The number of hydrogen-bond acceptors (Lipinski definition) is 5. The highest BCUT2D eigenvalue weighted by atomic mass is 16.3. The molecule has 0 bridgehead atoms. The molecular formula is C14H19N5O. The number of H-pyrrole nitrogens is 1. The van der Waals surface area contributed by atoms with Crippen molar-refractivity contribution in [2.24, 2.45) is 11.7 Å². The predicted octanol–water partition coefficient (Wildman–Crippen LogP) is 1.35. The number of rotatable bonds is 2. The maximum absolute atomic E-state index is 9.30. The normalized spacial score (nSPS) is 23.0. The van der Waals surface area contributed by atoms with E-state index in [1.54, 1.807) is 12.1 Å². The maximum Gasteiger partial charge on any atom is 0.245 e. The first-order valence-corrected chi connectivity index (χ1v) is 6.86. The Labute approximate surface area is 117 Å². The number of aromatic nitrogens is 3. The fourth-order valence-corrected chi connectivity index (χ4v) is 2.42. The van der Waals surface area contributed by atoms with Crippen molar-refractivity contribution in [2.45, 2.75) is 19.4 Å². The molecule has 1 aromatic carbocycles. The maximum atomic E-state index is 9.30. The zero-order valence-corrected chi connectivity index (χ0v) is 11.5. The lowest BCUT2D eigenvalue weighted by Gasteiger charge is -2.34. The van der Waals surface area contributed by atoms with Crippen LogP contribution in [-0.2, 0) is 0 Å². The smallest absolute Gasteiger partial charge is 0.245 e. The second-order valence-electron chi connectivity index (χ2n) is 5.41. The quantitative estimate of drug-likeness (QED) is 0.768. The number of nitrogens with one attached hydrogen (secondary N) is 1. The third-order valence-electron chi connectivity index (χ3n) is 3.91. The summed E-state index contributed by atoms with van der Waals surface area (Å²) in [7, 11) is 0. The van der Waals surface area contributed by atoms with E-state index in [0.717, 1.165) is 25.1 Å². The molecule has 4 N–H and O–H groups in total. The molecule has 3 rings (SSSR count). The predicted molar refractivity (Wildman–Crippen MR) is 77.5 cm³/mol. The summed E-state index contributed by atoms with van der Waals surface area (Å²) in [6.45, 7) is 3.90. The van der Waals surface area contributed by atoms with Crippen molar-refractivity contribution in [3.8, 4) is 17.1 Å². The number of phenols is 1. The SMILES string of the molecule is CC1CCN(c2n[nH]c(-c3ccc(O)cc3)n2)CC1N. The molecule has 2 aromatic rings. The third-order valence-corrected chi connectivity index (χ3v) is 3.91. The molecule has 0 aliphatic carbocycles. The fourth-order valence-electron chi connectivity index (χ4n) is 2.42. The van der Waals surface area contributed by atoms with Gasteiger partial charge in [0.2, 0.25) is 5.95 Å². The van der Waals surface area contributed by atoms with Crippen molar-refractivity contribution in [1.82, 2.24) is 15.2 Å². The average molecular weight is 273 g/mol. The number of benzene rings is 1. The lowest BCUT2D eigenvalue weighted by Crippen LogP contribution is -2.48. The van der Waals surface area contributed by atoms with E-state index in [1.807, 2.05) is 12.1 Å². The molecule has 6 nitrogen and oxygen atoms in total. The van der Waals surface area contributed by atoms with Gasteiger partial charge < -0.3 is 15.7 Å². The summed E-state index contributed by atoms with van der Waals surface area (Å²) in [5.41, 5.74) is 7.00. The summed E-state index contributed by atoms with van der Waals surface area (Å²) in [5.74, 6) is 2.17. The van der Waals surface area contributed by atoms with Gasteiger partial charge in [0, 0.05) is 24.7 Å². The molecule has 2 atom stereocenters. The number of piperidine rings is 1. The monoisotopic (exact) mass is 273 g/mol. The van der Waals surface area contributed by atoms with Gasteiger partial charge in [0.1, 0.15) is 5.75 Å². The van der Waals surface area contributed by atoms with Gasteiger partial charge in [-0.3, -0.25) is 5.10 Å². The molecule has 20 heavy (non-hydrogen) atoms. The summed E-state index contributed by atoms with van der Waals surface area (Å²) in [4.78, 5) is 6.63. The molecule has 1 aromatic heterocycles. The lowest BCUT2D eigenvalue weighted by molar-refractivity contribution is 0.376. The largest absolute Gasteiger partial charge is 0.508 e. The molecule has 1 saturated heterocycles. The van der Waals surface area contributed by atoms with Crippen LogP contribution in [0.1, 0.15) is 13.3 Å². The van der Waals surface area contributed by atoms with Crippen molar-refractivity contribution in [2.75, 3.05) is 18.0 Å². The Morgan fingerprint density at radius 1 is 1.35 bits per heavy atom. The summed E-state index contributed by atoms with van der Waals surface area (Å²) in [5, 5.41) is 16.5. The highest BCUT2D eigenvalue weighted by Gasteiger charge is 2.25. The van der Waals surface area contributed by atoms with E-state index in [0.29, 0.717) is 17.7 Å². The van der Waals surface area contributed by atoms with Crippen LogP contribution in [0.3, 0.4) is 0 Å². The van der Waals surface area contributed by atoms with E-state index in [1.165, 1.54) is 0 Å². The van der Waals surface area contributed by atoms with E-state index >= 15 is 0 Å². The van der Waals surface area contributed by atoms with Gasteiger partial charge in [0.05, 0.1) is 0 Å². The van der Waals surface area contributed by atoms with E-state index in [9.17, 15) is 5.11 Å². The van der Waals surface area contributed by atoms with Crippen molar-refractivity contribution in [3.63, 3.8) is 0 Å². The Hall–Kier alpha value is -2.08. The summed E-state index contributed by atoms with van der Waals surface area (Å²) in [6, 6.07) is 7.05. The molecular weight excluding hydrogens is 254 g/mol. The van der Waals surface area contributed by atoms with Crippen LogP contribution in [0.4, 0.5) is 5.95 Å². The molecule has 106 valence electrons. The highest BCUT2D eigenvalue weighted by molar-refractivity contribution is 5.57. The molecule has 0 radical (unpaired) electrons. The number of phenolic OH excluding ortho intramolecular Hbond substituents is 1. The van der Waals surface area contributed by atoms with E-state index < -0.39 is 0 Å². The second-order valence-corrected chi connectivity index (χ2v) is 5.41. The number of hydrogen-bond donors (Lipinski definition) is 3. The Kier molecular flexibility index (Phi) is 3.31. The molecule has 0 saturated carbocycles. The molecule has 6 heteroatoms. The minimum atomic E-state index is 0.166. The minimum Gasteiger partial charge on any atom is -0.508 e. The molecule has 1 fully saturated rings. The average Bonchev–Trinajstić information content (AvgIpc) is 2.92. The van der Waals surface area contributed by atoms with Crippen LogP contribution in [0, 0.1) is 5.92 Å². The molecule has 1 aliphatic rings. The standard InChI is InChI=1S/C14H19N5O/c1-9-6-7-19(8-12(9)15)14-16-13(17-18-14)10-2-4-11(20)5-3-10/h2-5,9,12,20H,6-8,15H2,1H3,(H,16,17,18). The van der Waals surface area contributed by atoms with Crippen LogP contribution >= 0.6 is 0 Å². The van der Waals surface area contributed by atoms with Gasteiger partial charge in [-0.1, -0.05) is 6.92 Å². The van der Waals surface area contributed by atoms with Crippen molar-refractivity contribution >= 4 is 5.95 Å². The second kappa shape index (κ2) is 5.13. The van der Waals surface area contributed by atoms with Crippen molar-refractivity contribution < 1.29 is 5.11 Å². The van der Waals surface area contributed by atoms with Crippen LogP contribution in [0.25, 0.3) is 11.4 Å². The number of nitrogens with two attached hydrogens (primary N) is 1. The number of aromatic amines is 1. The van der Waals surface area contributed by atoms with Gasteiger partial charge in [0.25, 0.3) is 0 Å². The van der Waals surface area contributed by atoms with Gasteiger partial charge in [0.15, 0.2) is 5.82 Å². The number of aromatic hydroxyl groups is 1. The van der Waals surface area contributed by atoms with Crippen LogP contribution in [0.2, 0.25) is 0 Å². The number of nitrogens with zero attached hydrogens (tertiary/aromatic N) is 3. The zero-order chi connectivity index (χ0) is 14.1. The first-order chi connectivity index (χ1) is 9.63. The van der Waals surface area contributed by atoms with E-state index in [2.05, 4.69) is 27.0 Å². The van der Waals surface area contributed by atoms with Gasteiger partial charge in [-0.2, -0.15) is 4.98 Å². The van der Waals surface area contributed by atoms with Gasteiger partial charge >= 0.3 is 0 Å². The Morgan fingerprint density at radius 2 is 2.10 bits per heavy atom. The Bertz CT molecular complexity index is 580. The summed E-state index contributed by atoms with van der Waals surface area (Å²) >= 11 is 0. The molecule has 2 heterocycles. The first kappa shape index (κ1) is 12.9. The zero-order valence-electron chi connectivity index (χ0n) is 11.5. The minimum absolute atomic E-state index is 0.166. The van der Waals surface area contributed by atoms with Crippen LogP contribution < -0.4 is 10.6 Å². The summed E-state index contributed by atoms with van der Waals surface area (Å²) in [6.07, 6.45) is 1.06. The lowest BCUT2D eigenvalue weighted by atomic mass is 9.95. The highest BCUT2D eigenvalue weighted by Crippen LogP contribution is 2.23. The molecule has 0 amide bonds. The van der Waals surface area contributed by atoms with Crippen LogP contribution in [0.15, 0.2) is 24.3 Å². The molecule has 0 spiro atoms. The summed E-state index contributed by atoms with van der Waals surface area (Å²) < 4.78 is 0. The fraction of sp³-hybridized carbons (Fsp3) is 0.429. The van der Waals surface area contributed by atoms with Crippen LogP contribution in [0.5, 0.6) is 5.75 Å². The van der Waals surface area contributed by atoms with Gasteiger partial charge in [-0.15, -0.1) is 5.10 Å².